The van der Waals surface area contributed by atoms with Crippen LogP contribution in [-0.2, 0) is 0 Å². The van der Waals surface area contributed by atoms with Crippen molar-refractivity contribution in [2.45, 2.75) is 0 Å². The molecule has 2 rings (SSSR count). The van der Waals surface area contributed by atoms with E-state index in [9.17, 15) is 4.79 Å². The van der Waals surface area contributed by atoms with Crippen LogP contribution in [0, 0.1) is 0 Å². The fourth-order valence-electron chi connectivity index (χ4n) is 1.63. The molecule has 1 amide bonds. The van der Waals surface area contributed by atoms with Crippen LogP contribution in [0.3, 0.4) is 0 Å². The summed E-state index contributed by atoms with van der Waals surface area (Å²) < 4.78 is 0. The number of pyridine rings is 1. The van der Waals surface area contributed by atoms with Gasteiger partial charge < -0.3 is 4.90 Å². The van der Waals surface area contributed by atoms with Crippen LogP contribution in [0.2, 0.25) is 0 Å². The van der Waals surface area contributed by atoms with Crippen LogP contribution < -0.4 is 10.3 Å². The zero-order valence-electron chi connectivity index (χ0n) is 11.5. The Balaban J connectivity index is 1.96. The molecule has 1 heterocycles. The second kappa shape index (κ2) is 6.58. The Morgan fingerprint density at radius 2 is 1.95 bits per heavy atom. The third kappa shape index (κ3) is 3.73. The second-order valence-electron chi connectivity index (χ2n) is 4.53. The Hall–Kier alpha value is -2.53. The molecule has 2 N–H and O–H groups in total. The van der Waals surface area contributed by atoms with Crippen LogP contribution in [-0.4, -0.2) is 31.2 Å². The number of hydrogen-bond acceptors (Lipinski definition) is 3. The number of nitrogens with one attached hydrogen (secondary N) is 2. The molecule has 0 radical (unpaired) electrons. The van der Waals surface area contributed by atoms with E-state index in [1.807, 2.05) is 44.4 Å². The molecule has 0 aliphatic rings. The molecule has 0 fully saturated rings. The standard InChI is InChI=1S/C15H16N4O/c1-19(2)14-8-6-12(7-9-14)15(20)18-17-11-13-5-3-4-10-16-13/h3-11H,1-2H3,(H,18,20)/p+1/b17-11+. The number of carbonyl (C=O) groups excluding carboxylic acids is 1. The predicted molar refractivity (Wildman–Crippen MR) is 78.2 cm³/mol. The molecule has 0 bridgehead atoms. The van der Waals surface area contributed by atoms with Crippen molar-refractivity contribution in [2.75, 3.05) is 14.1 Å². The lowest BCUT2D eigenvalue weighted by Crippen LogP contribution is -3.00. The van der Waals surface area contributed by atoms with Gasteiger partial charge in [-0.25, -0.2) is 5.43 Å². The largest absolute Gasteiger partial charge is 0.307 e. The Morgan fingerprint density at radius 3 is 2.55 bits per heavy atom. The molecule has 5 heteroatoms. The molecular formula is C15H17N4O+. The lowest BCUT2D eigenvalue weighted by atomic mass is 10.2. The summed E-state index contributed by atoms with van der Waals surface area (Å²) in [6, 6.07) is 12.9. The van der Waals surface area contributed by atoms with Crippen molar-refractivity contribution in [3.8, 4) is 0 Å². The van der Waals surface area contributed by atoms with Crippen molar-refractivity contribution in [3.63, 3.8) is 0 Å². The van der Waals surface area contributed by atoms with E-state index >= 15 is 0 Å². The van der Waals surface area contributed by atoms with Crippen molar-refractivity contribution >= 4 is 17.8 Å². The average Bonchev–Trinajstić information content (AvgIpc) is 2.48. The number of nitrogens with zero attached hydrogens (tertiary/aromatic N) is 2. The number of aromatic nitrogens is 1. The van der Waals surface area contributed by atoms with E-state index in [-0.39, 0.29) is 5.91 Å². The Kier molecular flexibility index (Phi) is 4.57. The van der Waals surface area contributed by atoms with Gasteiger partial charge in [0.25, 0.3) is 5.91 Å². The Morgan fingerprint density at radius 1 is 1.20 bits per heavy atom. The van der Waals surface area contributed by atoms with E-state index in [1.165, 1.54) is 11.1 Å². The molecule has 0 spiro atoms. The molecule has 20 heavy (non-hydrogen) atoms. The van der Waals surface area contributed by atoms with Crippen molar-refractivity contribution in [2.24, 2.45) is 5.10 Å². The molecule has 0 aliphatic heterocycles. The van der Waals surface area contributed by atoms with Gasteiger partial charge in [0.2, 0.25) is 0 Å². The quantitative estimate of drug-likeness (QED) is 0.631. The van der Waals surface area contributed by atoms with E-state index in [2.05, 4.69) is 15.5 Å². The summed E-state index contributed by atoms with van der Waals surface area (Å²) >= 11 is 0. The van der Waals surface area contributed by atoms with Crippen molar-refractivity contribution in [3.05, 3.63) is 59.9 Å². The zero-order chi connectivity index (χ0) is 14.4. The van der Waals surface area contributed by atoms with Gasteiger partial charge in [-0.2, -0.15) is 5.10 Å². The Bertz CT molecular complexity index is 591. The summed E-state index contributed by atoms with van der Waals surface area (Å²) in [6.45, 7) is 0. The van der Waals surface area contributed by atoms with Gasteiger partial charge in [0.15, 0.2) is 0 Å². The first kappa shape index (κ1) is 13.9. The Labute approximate surface area is 118 Å². The minimum Gasteiger partial charge on any atom is -0.307 e. The maximum atomic E-state index is 11.9. The van der Waals surface area contributed by atoms with E-state index in [1.54, 1.807) is 18.3 Å². The van der Waals surface area contributed by atoms with Crippen molar-refractivity contribution < 1.29 is 9.69 Å². The highest BCUT2D eigenvalue weighted by Gasteiger charge is 2.06. The van der Waals surface area contributed by atoms with Gasteiger partial charge in [-0.3, -0.25) is 9.78 Å². The molecule has 1 aromatic heterocycles. The van der Waals surface area contributed by atoms with Gasteiger partial charge in [0.05, 0.1) is 26.0 Å². The smallest absolute Gasteiger partial charge is 0.271 e. The normalized spacial score (nSPS) is 10.9. The van der Waals surface area contributed by atoms with Crippen molar-refractivity contribution in [1.82, 2.24) is 10.4 Å². The number of amides is 1. The van der Waals surface area contributed by atoms with Gasteiger partial charge in [0, 0.05) is 11.8 Å². The van der Waals surface area contributed by atoms with Crippen LogP contribution in [0.15, 0.2) is 53.8 Å². The second-order valence-corrected chi connectivity index (χ2v) is 4.53. The lowest BCUT2D eigenvalue weighted by Gasteiger charge is -2.06. The molecule has 2 aromatic rings. The molecule has 0 saturated carbocycles. The molecule has 1 aromatic carbocycles. The van der Waals surface area contributed by atoms with E-state index < -0.39 is 0 Å². The fraction of sp³-hybridized carbons (Fsp3) is 0.133. The average molecular weight is 269 g/mol. The molecule has 0 aliphatic carbocycles. The predicted octanol–water partition coefficient (Wildman–Crippen LogP) is 0.622. The third-order valence-electron chi connectivity index (χ3n) is 2.78. The molecule has 5 nitrogen and oxygen atoms in total. The van der Waals surface area contributed by atoms with Crippen LogP contribution in [0.25, 0.3) is 0 Å². The minimum atomic E-state index is -0.238. The number of benzene rings is 1. The summed E-state index contributed by atoms with van der Waals surface area (Å²) in [5, 5.41) is 3.88. The van der Waals surface area contributed by atoms with E-state index in [0.717, 1.165) is 5.69 Å². The van der Waals surface area contributed by atoms with Crippen LogP contribution in [0.5, 0.6) is 0 Å². The minimum absolute atomic E-state index is 0.238. The van der Waals surface area contributed by atoms with E-state index in [0.29, 0.717) is 11.3 Å². The highest BCUT2D eigenvalue weighted by molar-refractivity contribution is 5.94. The molecule has 0 unspecified atom stereocenters. The summed E-state index contributed by atoms with van der Waals surface area (Å²) in [6.07, 6.45) is 3.18. The summed E-state index contributed by atoms with van der Waals surface area (Å²) in [4.78, 5) is 17.2. The zero-order valence-corrected chi connectivity index (χ0v) is 11.5. The van der Waals surface area contributed by atoms with Gasteiger partial charge in [0.1, 0.15) is 5.69 Å². The number of carbonyl (C=O) groups is 1. The highest BCUT2D eigenvalue weighted by Crippen LogP contribution is 2.04. The SMILES string of the molecule is C[NH+](C)c1ccc(C(=O)N/N=C/c2ccccn2)cc1. The van der Waals surface area contributed by atoms with Gasteiger partial charge in [-0.15, -0.1) is 0 Å². The number of quaternary nitrogens is 1. The summed E-state index contributed by atoms with van der Waals surface area (Å²) in [7, 11) is 4.07. The first-order chi connectivity index (χ1) is 9.66. The lowest BCUT2D eigenvalue weighted by molar-refractivity contribution is -0.786. The van der Waals surface area contributed by atoms with Crippen LogP contribution in [0.1, 0.15) is 16.1 Å². The molecule has 0 saturated heterocycles. The summed E-state index contributed by atoms with van der Waals surface area (Å²) in [5.74, 6) is -0.238. The van der Waals surface area contributed by atoms with Crippen LogP contribution in [0.4, 0.5) is 5.69 Å². The molecule has 0 atom stereocenters. The monoisotopic (exact) mass is 269 g/mol. The first-order valence-electron chi connectivity index (χ1n) is 6.32. The third-order valence-corrected chi connectivity index (χ3v) is 2.78. The number of hydrazone groups is 1. The topological polar surface area (TPSA) is 58.8 Å². The maximum Gasteiger partial charge on any atom is 0.271 e. The van der Waals surface area contributed by atoms with E-state index in [4.69, 9.17) is 0 Å². The first-order valence-corrected chi connectivity index (χ1v) is 6.32. The fourth-order valence-corrected chi connectivity index (χ4v) is 1.63. The highest BCUT2D eigenvalue weighted by atomic mass is 16.2. The van der Waals surface area contributed by atoms with Gasteiger partial charge in [-0.1, -0.05) is 6.07 Å². The molecular weight excluding hydrogens is 252 g/mol. The summed E-state index contributed by atoms with van der Waals surface area (Å²) in [5.41, 5.74) is 4.87. The number of hydrogen-bond donors (Lipinski definition) is 2. The van der Waals surface area contributed by atoms with Crippen LogP contribution >= 0.6 is 0 Å². The van der Waals surface area contributed by atoms with Gasteiger partial charge in [-0.05, 0) is 36.4 Å². The number of rotatable bonds is 4. The van der Waals surface area contributed by atoms with Crippen molar-refractivity contribution in [1.29, 1.82) is 0 Å². The maximum absolute atomic E-state index is 11.9. The van der Waals surface area contributed by atoms with Gasteiger partial charge >= 0.3 is 0 Å². The molecule has 102 valence electrons.